The van der Waals surface area contributed by atoms with Gasteiger partial charge in [0, 0.05) is 46.4 Å². The second-order valence-electron chi connectivity index (χ2n) is 8.90. The van der Waals surface area contributed by atoms with Crippen LogP contribution in [0.5, 0.6) is 0 Å². The SMILES string of the molecule is N=S1(=O)CCCCNc2nc(ncc2-c2ccc(NC(=O)Nc3cc(F)ccc3F)cc2)Nc2cccc1c2. The standard InChI is InChI=1S/C27H25F2N7O2S/c28-18-8-11-23(29)24(14-18)35-27(37)34-19-9-6-17(7-10-19)22-16-32-26-33-20-4-3-5-21(15-20)39(30,38)13-2-1-12-31-25(22)36-26/h3-11,14-16,30H,1-2,12-13H2,(H2,34,35,37)(H2,31,32,33,36). The van der Waals surface area contributed by atoms with E-state index in [-0.39, 0.29) is 11.4 Å². The molecule has 1 unspecified atom stereocenters. The van der Waals surface area contributed by atoms with Crippen molar-refractivity contribution < 1.29 is 17.8 Å². The Bertz CT molecular complexity index is 1630. The van der Waals surface area contributed by atoms with Crippen LogP contribution in [0.2, 0.25) is 0 Å². The van der Waals surface area contributed by atoms with E-state index in [1.54, 1.807) is 54.7 Å². The summed E-state index contributed by atoms with van der Waals surface area (Å²) in [5, 5.41) is 11.3. The molecule has 2 heterocycles. The number of hydrogen-bond acceptors (Lipinski definition) is 7. The minimum atomic E-state index is -2.90. The van der Waals surface area contributed by atoms with E-state index in [0.29, 0.717) is 47.4 Å². The number of rotatable bonds is 3. The van der Waals surface area contributed by atoms with Gasteiger partial charge in [0.2, 0.25) is 5.95 Å². The maximum absolute atomic E-state index is 13.8. The van der Waals surface area contributed by atoms with Gasteiger partial charge in [0.05, 0.1) is 15.4 Å². The molecule has 4 aromatic rings. The van der Waals surface area contributed by atoms with E-state index in [4.69, 9.17) is 4.78 Å². The van der Waals surface area contributed by atoms with E-state index in [1.165, 1.54) is 0 Å². The minimum absolute atomic E-state index is 0.266. The number of hydrogen-bond donors (Lipinski definition) is 5. The van der Waals surface area contributed by atoms with Crippen LogP contribution in [-0.4, -0.2) is 32.5 Å². The first-order valence-corrected chi connectivity index (χ1v) is 13.9. The van der Waals surface area contributed by atoms with E-state index in [2.05, 4.69) is 31.2 Å². The highest BCUT2D eigenvalue weighted by Gasteiger charge is 2.15. The van der Waals surface area contributed by atoms with Gasteiger partial charge in [-0.1, -0.05) is 18.2 Å². The lowest BCUT2D eigenvalue weighted by atomic mass is 10.1. The quantitative estimate of drug-likeness (QED) is 0.200. The molecule has 1 aliphatic heterocycles. The van der Waals surface area contributed by atoms with Gasteiger partial charge in [-0.25, -0.2) is 27.5 Å². The molecule has 2 amide bonds. The van der Waals surface area contributed by atoms with Crippen molar-refractivity contribution in [1.82, 2.24) is 9.97 Å². The Morgan fingerprint density at radius 1 is 1.00 bits per heavy atom. The Kier molecular flexibility index (Phi) is 7.37. The number of amides is 2. The first kappa shape index (κ1) is 26.0. The highest BCUT2D eigenvalue weighted by Crippen LogP contribution is 2.30. The predicted molar refractivity (Wildman–Crippen MR) is 148 cm³/mol. The Morgan fingerprint density at radius 3 is 2.64 bits per heavy atom. The van der Waals surface area contributed by atoms with Crippen LogP contribution < -0.4 is 21.3 Å². The summed E-state index contributed by atoms with van der Waals surface area (Å²) in [6.07, 6.45) is 2.99. The fraction of sp³-hybridized carbons (Fsp3) is 0.148. The van der Waals surface area contributed by atoms with Crippen molar-refractivity contribution in [2.45, 2.75) is 17.7 Å². The maximum Gasteiger partial charge on any atom is 0.323 e. The number of carbonyl (C=O) groups excluding carboxylic acids is 1. The second-order valence-corrected chi connectivity index (χ2v) is 11.1. The zero-order valence-electron chi connectivity index (χ0n) is 20.6. The molecule has 0 spiro atoms. The Hall–Kier alpha value is -4.58. The van der Waals surface area contributed by atoms with Gasteiger partial charge >= 0.3 is 6.03 Å². The molecule has 5 rings (SSSR count). The summed E-state index contributed by atoms with van der Waals surface area (Å²) in [7, 11) is -2.90. The van der Waals surface area contributed by atoms with Crippen LogP contribution in [0, 0.1) is 16.4 Å². The molecule has 4 bridgehead atoms. The summed E-state index contributed by atoms with van der Waals surface area (Å²) in [6, 6.07) is 15.9. The van der Waals surface area contributed by atoms with E-state index in [0.717, 1.165) is 29.3 Å². The predicted octanol–water partition coefficient (Wildman–Crippen LogP) is 6.42. The van der Waals surface area contributed by atoms with Crippen molar-refractivity contribution in [3.8, 4) is 11.1 Å². The number of carbonyl (C=O) groups is 1. The first-order valence-electron chi connectivity index (χ1n) is 12.1. The third kappa shape index (κ3) is 6.29. The summed E-state index contributed by atoms with van der Waals surface area (Å²) < 4.78 is 48.4. The Balaban J connectivity index is 1.35. The summed E-state index contributed by atoms with van der Waals surface area (Å²) >= 11 is 0. The molecule has 39 heavy (non-hydrogen) atoms. The number of urea groups is 1. The van der Waals surface area contributed by atoms with E-state index < -0.39 is 27.4 Å². The van der Waals surface area contributed by atoms with Crippen LogP contribution in [0.15, 0.2) is 77.8 Å². The molecule has 0 radical (unpaired) electrons. The first-order chi connectivity index (χ1) is 18.8. The molecule has 5 N–H and O–H groups in total. The van der Waals surface area contributed by atoms with Crippen LogP contribution in [-0.2, 0) is 9.73 Å². The van der Waals surface area contributed by atoms with E-state index in [9.17, 15) is 17.8 Å². The van der Waals surface area contributed by atoms with Gasteiger partial charge in [0.1, 0.15) is 17.5 Å². The van der Waals surface area contributed by atoms with Crippen LogP contribution >= 0.6 is 0 Å². The molecular formula is C27H25F2N7O2S. The number of anilines is 5. The number of nitrogens with one attached hydrogen (secondary N) is 5. The number of benzene rings is 3. The molecule has 200 valence electrons. The summed E-state index contributed by atoms with van der Waals surface area (Å²) in [6.45, 7) is 0.563. The average molecular weight is 550 g/mol. The van der Waals surface area contributed by atoms with Crippen molar-refractivity contribution in [1.29, 1.82) is 4.78 Å². The summed E-state index contributed by atoms with van der Waals surface area (Å²) in [4.78, 5) is 21.8. The number of aromatic nitrogens is 2. The molecule has 1 aliphatic rings. The zero-order valence-corrected chi connectivity index (χ0v) is 21.4. The highest BCUT2D eigenvalue weighted by atomic mass is 32.2. The molecule has 0 fully saturated rings. The summed E-state index contributed by atoms with van der Waals surface area (Å²) in [5.74, 6) is -0.214. The minimum Gasteiger partial charge on any atom is -0.369 e. The fourth-order valence-electron chi connectivity index (χ4n) is 4.06. The van der Waals surface area contributed by atoms with Crippen LogP contribution in [0.3, 0.4) is 0 Å². The van der Waals surface area contributed by atoms with Gasteiger partial charge in [-0.05, 0) is 60.9 Å². The molecule has 1 atom stereocenters. The Morgan fingerprint density at radius 2 is 1.82 bits per heavy atom. The van der Waals surface area contributed by atoms with Crippen molar-refractivity contribution in [3.63, 3.8) is 0 Å². The van der Waals surface area contributed by atoms with Crippen LogP contribution in [0.25, 0.3) is 11.1 Å². The van der Waals surface area contributed by atoms with Crippen molar-refractivity contribution in [3.05, 3.63) is 84.6 Å². The second kappa shape index (κ2) is 11.0. The van der Waals surface area contributed by atoms with Gasteiger partial charge in [-0.3, -0.25) is 0 Å². The van der Waals surface area contributed by atoms with E-state index in [1.807, 2.05) is 0 Å². The van der Waals surface area contributed by atoms with Gasteiger partial charge in [0.15, 0.2) is 0 Å². The number of nitrogens with zero attached hydrogens (tertiary/aromatic N) is 2. The normalized spacial score (nSPS) is 16.9. The monoisotopic (exact) mass is 549 g/mol. The molecule has 0 saturated heterocycles. The Labute approximate surface area is 224 Å². The fourth-order valence-corrected chi connectivity index (χ4v) is 5.52. The lowest BCUT2D eigenvalue weighted by Crippen LogP contribution is -2.20. The largest absolute Gasteiger partial charge is 0.369 e. The molecular weight excluding hydrogens is 524 g/mol. The molecule has 3 aromatic carbocycles. The molecule has 0 aliphatic carbocycles. The average Bonchev–Trinajstić information content (AvgIpc) is 2.91. The van der Waals surface area contributed by atoms with Crippen LogP contribution in [0.4, 0.5) is 42.4 Å². The van der Waals surface area contributed by atoms with Crippen molar-refractivity contribution in [2.75, 3.05) is 33.6 Å². The van der Waals surface area contributed by atoms with Gasteiger partial charge < -0.3 is 21.3 Å². The third-order valence-electron chi connectivity index (χ3n) is 6.04. The van der Waals surface area contributed by atoms with Crippen molar-refractivity contribution in [2.24, 2.45) is 0 Å². The topological polar surface area (TPSA) is 132 Å². The number of halogens is 2. The van der Waals surface area contributed by atoms with Crippen LogP contribution in [0.1, 0.15) is 12.8 Å². The molecule has 12 heteroatoms. The lowest BCUT2D eigenvalue weighted by molar-refractivity contribution is 0.262. The van der Waals surface area contributed by atoms with Gasteiger partial charge in [-0.2, -0.15) is 4.98 Å². The van der Waals surface area contributed by atoms with E-state index >= 15 is 0 Å². The lowest BCUT2D eigenvalue weighted by Gasteiger charge is -2.14. The zero-order chi connectivity index (χ0) is 27.4. The smallest absolute Gasteiger partial charge is 0.323 e. The molecule has 9 nitrogen and oxygen atoms in total. The molecule has 0 saturated carbocycles. The van der Waals surface area contributed by atoms with Gasteiger partial charge in [-0.15, -0.1) is 0 Å². The highest BCUT2D eigenvalue weighted by molar-refractivity contribution is 7.92. The molecule has 1 aromatic heterocycles. The van der Waals surface area contributed by atoms with Gasteiger partial charge in [0.25, 0.3) is 0 Å². The maximum atomic E-state index is 13.8. The number of fused-ring (bicyclic) bond motifs is 4. The van der Waals surface area contributed by atoms with Crippen molar-refractivity contribution >= 4 is 44.6 Å². The summed E-state index contributed by atoms with van der Waals surface area (Å²) in [5.41, 5.74) is 2.33. The third-order valence-corrected chi connectivity index (χ3v) is 7.92.